The van der Waals surface area contributed by atoms with Crippen molar-refractivity contribution in [1.29, 1.82) is 0 Å². The minimum Gasteiger partial charge on any atom is -0.388 e. The van der Waals surface area contributed by atoms with Crippen molar-refractivity contribution in [3.8, 4) is 17.3 Å². The normalized spacial score (nSPS) is 16.2. The van der Waals surface area contributed by atoms with Crippen LogP contribution in [0.25, 0.3) is 60.9 Å². The lowest BCUT2D eigenvalue weighted by Crippen LogP contribution is -2.54. The van der Waals surface area contributed by atoms with Gasteiger partial charge in [0.25, 0.3) is 5.56 Å². The average Bonchev–Trinajstić information content (AvgIpc) is 3.88. The number of halogens is 1. The van der Waals surface area contributed by atoms with Crippen molar-refractivity contribution in [3.05, 3.63) is 154 Å². The maximum atomic E-state index is 14.3. The third-order valence-electron chi connectivity index (χ3n) is 9.75. The van der Waals surface area contributed by atoms with Crippen molar-refractivity contribution < 1.29 is 9.21 Å². The highest BCUT2D eigenvalue weighted by Gasteiger charge is 2.53. The standard InChI is InChI=1S/C40H25ClN6O3/c41-24-19-20-30-28(21-24)35-34(43-30)25-15-7-8-16-26(25)37(48)46(35)39-44-45-40(50-39)47-36(31(38(47)49)22-11-3-1-4-12-22)32-27-17-9-10-18-29(27)42-33(32)23-13-5-2-6-14-23/h1-21,31,36,42-43H. The molecule has 0 spiro atoms. The molecule has 50 heavy (non-hydrogen) atoms. The SMILES string of the molecule is O=C1C(c2ccccc2)C(c2c(-c3ccccc3)[nH]c3ccccc23)N1c1nnc(-n2c(=O)c3ccccc3c3[nH]c4ccc(Cl)cc4c32)o1. The number of fused-ring (bicyclic) bond motifs is 6. The molecule has 1 amide bonds. The lowest BCUT2D eigenvalue weighted by Gasteiger charge is -2.45. The van der Waals surface area contributed by atoms with Crippen molar-refractivity contribution in [2.45, 2.75) is 12.0 Å². The van der Waals surface area contributed by atoms with Crippen LogP contribution in [0.3, 0.4) is 0 Å². The molecular weight excluding hydrogens is 648 g/mol. The topological polar surface area (TPSA) is 113 Å². The van der Waals surface area contributed by atoms with Gasteiger partial charge >= 0.3 is 12.0 Å². The summed E-state index contributed by atoms with van der Waals surface area (Å²) in [7, 11) is 0. The number of nitrogens with one attached hydrogen (secondary N) is 2. The number of carbonyl (C=O) groups excluding carboxylic acids is 1. The second-order valence-corrected chi connectivity index (χ2v) is 12.9. The van der Waals surface area contributed by atoms with Crippen molar-refractivity contribution in [2.24, 2.45) is 0 Å². The number of hydrogen-bond acceptors (Lipinski definition) is 5. The third-order valence-corrected chi connectivity index (χ3v) is 9.98. The van der Waals surface area contributed by atoms with E-state index < -0.39 is 12.0 Å². The van der Waals surface area contributed by atoms with Crippen LogP contribution in [0, 0.1) is 0 Å². The Balaban J connectivity index is 1.19. The molecule has 1 aliphatic rings. The molecule has 10 heteroatoms. The minimum atomic E-state index is -0.515. The number of aromatic amines is 2. The molecule has 0 saturated carbocycles. The van der Waals surface area contributed by atoms with E-state index in [4.69, 9.17) is 16.0 Å². The van der Waals surface area contributed by atoms with Crippen LogP contribution in [0.5, 0.6) is 0 Å². The molecular formula is C40H25ClN6O3. The highest BCUT2D eigenvalue weighted by atomic mass is 35.5. The first-order valence-electron chi connectivity index (χ1n) is 16.2. The third kappa shape index (κ3) is 4.07. The Hall–Kier alpha value is -6.45. The molecule has 10 rings (SSSR count). The van der Waals surface area contributed by atoms with E-state index in [1.54, 1.807) is 23.1 Å². The maximum absolute atomic E-state index is 14.3. The highest BCUT2D eigenvalue weighted by molar-refractivity contribution is 6.32. The van der Waals surface area contributed by atoms with E-state index in [0.29, 0.717) is 15.9 Å². The summed E-state index contributed by atoms with van der Waals surface area (Å²) in [6.07, 6.45) is 0. The van der Waals surface area contributed by atoms with Gasteiger partial charge in [-0.2, -0.15) is 0 Å². The summed E-state index contributed by atoms with van der Waals surface area (Å²) in [6.45, 7) is 0. The van der Waals surface area contributed by atoms with Crippen LogP contribution in [0.1, 0.15) is 23.1 Å². The quantitative estimate of drug-likeness (QED) is 0.178. The molecule has 9 nitrogen and oxygen atoms in total. The van der Waals surface area contributed by atoms with Gasteiger partial charge in [-0.25, -0.2) is 4.57 Å². The van der Waals surface area contributed by atoms with Gasteiger partial charge < -0.3 is 14.4 Å². The molecule has 240 valence electrons. The van der Waals surface area contributed by atoms with Crippen LogP contribution in [-0.4, -0.2) is 30.6 Å². The van der Waals surface area contributed by atoms with Gasteiger partial charge in [0.2, 0.25) is 5.91 Å². The van der Waals surface area contributed by atoms with Gasteiger partial charge in [0.1, 0.15) is 0 Å². The number of β-lactam (4-membered cyclic amide) rings is 1. The number of hydrogen-bond donors (Lipinski definition) is 2. The summed E-state index contributed by atoms with van der Waals surface area (Å²) in [5.74, 6) is -0.699. The van der Waals surface area contributed by atoms with Crippen LogP contribution < -0.4 is 10.5 Å². The molecule has 5 heterocycles. The molecule has 1 aliphatic heterocycles. The molecule has 1 saturated heterocycles. The molecule has 4 aromatic heterocycles. The van der Waals surface area contributed by atoms with Crippen molar-refractivity contribution in [2.75, 3.05) is 4.90 Å². The summed E-state index contributed by atoms with van der Waals surface area (Å²) >= 11 is 6.45. The summed E-state index contributed by atoms with van der Waals surface area (Å²) in [4.78, 5) is 37.2. The van der Waals surface area contributed by atoms with E-state index in [1.807, 2.05) is 103 Å². The predicted molar refractivity (Wildman–Crippen MR) is 195 cm³/mol. The van der Waals surface area contributed by atoms with Crippen LogP contribution in [0.15, 0.2) is 137 Å². The Morgan fingerprint density at radius 3 is 2.12 bits per heavy atom. The van der Waals surface area contributed by atoms with Gasteiger partial charge in [0.15, 0.2) is 0 Å². The van der Waals surface area contributed by atoms with Gasteiger partial charge in [-0.3, -0.25) is 14.5 Å². The highest BCUT2D eigenvalue weighted by Crippen LogP contribution is 2.53. The fourth-order valence-electron chi connectivity index (χ4n) is 7.55. The molecule has 0 aliphatic carbocycles. The lowest BCUT2D eigenvalue weighted by atomic mass is 9.76. The largest absolute Gasteiger partial charge is 0.388 e. The molecule has 0 bridgehead atoms. The van der Waals surface area contributed by atoms with Gasteiger partial charge in [0, 0.05) is 43.2 Å². The molecule has 0 radical (unpaired) electrons. The Kier molecular flexibility index (Phi) is 6.16. The summed E-state index contributed by atoms with van der Waals surface area (Å²) < 4.78 is 7.80. The number of nitrogens with zero attached hydrogens (tertiary/aromatic N) is 4. The number of pyridine rings is 1. The van der Waals surface area contributed by atoms with Crippen molar-refractivity contribution in [1.82, 2.24) is 24.7 Å². The number of carbonyl (C=O) groups is 1. The Labute approximate surface area is 288 Å². The van der Waals surface area contributed by atoms with Crippen molar-refractivity contribution in [3.63, 3.8) is 0 Å². The van der Waals surface area contributed by atoms with Gasteiger partial charge in [-0.15, -0.1) is 0 Å². The Morgan fingerprint density at radius 1 is 0.660 bits per heavy atom. The van der Waals surface area contributed by atoms with E-state index in [-0.39, 0.29) is 23.5 Å². The minimum absolute atomic E-state index is 0.00226. The second kappa shape index (κ2) is 10.8. The predicted octanol–water partition coefficient (Wildman–Crippen LogP) is 8.68. The zero-order valence-electron chi connectivity index (χ0n) is 26.2. The number of rotatable bonds is 5. The molecule has 2 N–H and O–H groups in total. The van der Waals surface area contributed by atoms with Crippen LogP contribution >= 0.6 is 11.6 Å². The van der Waals surface area contributed by atoms with E-state index in [0.717, 1.165) is 55.1 Å². The number of H-pyrrole nitrogens is 2. The fraction of sp³-hybridized carbons (Fsp3) is 0.0500. The van der Waals surface area contributed by atoms with E-state index in [2.05, 4.69) is 26.2 Å². The summed E-state index contributed by atoms with van der Waals surface area (Å²) in [6, 6.07) is 40.2. The first-order valence-corrected chi connectivity index (χ1v) is 16.6. The Morgan fingerprint density at radius 2 is 1.32 bits per heavy atom. The number of para-hydroxylation sites is 1. The summed E-state index contributed by atoms with van der Waals surface area (Å²) in [5.41, 5.74) is 6.40. The lowest BCUT2D eigenvalue weighted by molar-refractivity contribution is -0.126. The molecule has 2 atom stereocenters. The monoisotopic (exact) mass is 672 g/mol. The van der Waals surface area contributed by atoms with E-state index in [9.17, 15) is 9.59 Å². The van der Waals surface area contributed by atoms with Gasteiger partial charge in [-0.05, 0) is 41.5 Å². The molecule has 9 aromatic rings. The number of aromatic nitrogens is 5. The smallest absolute Gasteiger partial charge is 0.331 e. The maximum Gasteiger partial charge on any atom is 0.331 e. The molecule has 1 fully saturated rings. The first-order chi connectivity index (χ1) is 24.6. The van der Waals surface area contributed by atoms with E-state index >= 15 is 0 Å². The first kappa shape index (κ1) is 28.6. The van der Waals surface area contributed by atoms with E-state index in [1.165, 1.54) is 4.57 Å². The van der Waals surface area contributed by atoms with Gasteiger partial charge in [-0.1, -0.05) is 119 Å². The van der Waals surface area contributed by atoms with Crippen LogP contribution in [-0.2, 0) is 4.79 Å². The van der Waals surface area contributed by atoms with Crippen LogP contribution in [0.2, 0.25) is 5.02 Å². The Bertz CT molecular complexity index is 2850. The second-order valence-electron chi connectivity index (χ2n) is 12.5. The zero-order valence-corrected chi connectivity index (χ0v) is 26.9. The fourth-order valence-corrected chi connectivity index (χ4v) is 7.72. The summed E-state index contributed by atoms with van der Waals surface area (Å²) in [5, 5.41) is 12.3. The zero-order chi connectivity index (χ0) is 33.5. The number of anilines is 1. The molecule has 5 aromatic carbocycles. The molecule has 2 unspecified atom stereocenters. The number of amides is 1. The van der Waals surface area contributed by atoms with Crippen LogP contribution in [0.4, 0.5) is 6.01 Å². The van der Waals surface area contributed by atoms with Crippen molar-refractivity contribution >= 4 is 67.1 Å². The average molecular weight is 673 g/mol. The van der Waals surface area contributed by atoms with Gasteiger partial charge in [0.05, 0.1) is 28.7 Å². The number of benzene rings is 5.